The fraction of sp³-hybridized carbons (Fsp3) is 0.0588. The molecule has 24 heavy (non-hydrogen) atoms. The average molecular weight is 341 g/mol. The maximum atomic E-state index is 10.9. The molecule has 7 heteroatoms. The monoisotopic (exact) mass is 340 g/mol. The van der Waals surface area contributed by atoms with Gasteiger partial charge in [-0.3, -0.25) is 4.68 Å². The zero-order valence-electron chi connectivity index (χ0n) is 12.7. The van der Waals surface area contributed by atoms with Gasteiger partial charge in [0, 0.05) is 30.0 Å². The first-order valence-electron chi connectivity index (χ1n) is 7.06. The molecule has 6 nitrogen and oxygen atoms in total. The third kappa shape index (κ3) is 3.49. The minimum absolute atomic E-state index is 0.145. The molecule has 2 heterocycles. The second kappa shape index (κ2) is 6.64. The summed E-state index contributed by atoms with van der Waals surface area (Å²) in [6.45, 7) is 0. The van der Waals surface area contributed by atoms with Crippen molar-refractivity contribution >= 4 is 29.7 Å². The van der Waals surface area contributed by atoms with Crippen LogP contribution in [0.5, 0.6) is 0 Å². The number of benzene rings is 1. The fourth-order valence-electron chi connectivity index (χ4n) is 2.13. The SMILES string of the molecule is Cn1cc(-c2ccnc(/C=C/c3ccc(C(=O)O)cc3Cl)n2)cn1. The lowest BCUT2D eigenvalue weighted by molar-refractivity contribution is 0.0697. The molecule has 0 amide bonds. The van der Waals surface area contributed by atoms with Crippen molar-refractivity contribution in [3.63, 3.8) is 0 Å². The Kier molecular flexibility index (Phi) is 4.39. The predicted octanol–water partition coefficient (Wildman–Crippen LogP) is 3.40. The smallest absolute Gasteiger partial charge is 0.335 e. The van der Waals surface area contributed by atoms with Crippen LogP contribution in [0.2, 0.25) is 5.02 Å². The molecule has 0 bridgehead atoms. The third-order valence-electron chi connectivity index (χ3n) is 3.33. The van der Waals surface area contributed by atoms with E-state index in [9.17, 15) is 4.79 Å². The molecule has 0 radical (unpaired) electrons. The largest absolute Gasteiger partial charge is 0.478 e. The molecule has 0 saturated heterocycles. The van der Waals surface area contributed by atoms with Gasteiger partial charge in [0.25, 0.3) is 0 Å². The van der Waals surface area contributed by atoms with Crippen LogP contribution < -0.4 is 0 Å². The predicted molar refractivity (Wildman–Crippen MR) is 91.6 cm³/mol. The van der Waals surface area contributed by atoms with Crippen molar-refractivity contribution in [3.8, 4) is 11.3 Å². The quantitative estimate of drug-likeness (QED) is 0.787. The number of carboxylic acids is 1. The highest BCUT2D eigenvalue weighted by Crippen LogP contribution is 2.21. The first-order valence-corrected chi connectivity index (χ1v) is 7.44. The average Bonchev–Trinajstić information content (AvgIpc) is 3.00. The number of carboxylic acid groups (broad SMARTS) is 1. The van der Waals surface area contributed by atoms with Crippen molar-refractivity contribution in [1.82, 2.24) is 19.7 Å². The number of carbonyl (C=O) groups is 1. The Morgan fingerprint density at radius 2 is 2.12 bits per heavy atom. The van der Waals surface area contributed by atoms with Gasteiger partial charge >= 0.3 is 5.97 Å². The molecule has 0 spiro atoms. The van der Waals surface area contributed by atoms with E-state index in [0.717, 1.165) is 11.3 Å². The van der Waals surface area contributed by atoms with Crippen LogP contribution in [0.3, 0.4) is 0 Å². The van der Waals surface area contributed by atoms with E-state index in [0.29, 0.717) is 16.4 Å². The number of hydrogen-bond acceptors (Lipinski definition) is 4. The lowest BCUT2D eigenvalue weighted by atomic mass is 10.1. The molecule has 3 rings (SSSR count). The second-order valence-corrected chi connectivity index (χ2v) is 5.48. The number of rotatable bonds is 4. The molecular formula is C17H13ClN4O2. The van der Waals surface area contributed by atoms with E-state index in [4.69, 9.17) is 16.7 Å². The second-order valence-electron chi connectivity index (χ2n) is 5.08. The van der Waals surface area contributed by atoms with Crippen LogP contribution in [0.1, 0.15) is 21.7 Å². The van der Waals surface area contributed by atoms with Gasteiger partial charge in [0.1, 0.15) is 0 Å². The first kappa shape index (κ1) is 15.9. The van der Waals surface area contributed by atoms with E-state index in [2.05, 4.69) is 15.1 Å². The zero-order chi connectivity index (χ0) is 17.1. The summed E-state index contributed by atoms with van der Waals surface area (Å²) in [5.41, 5.74) is 2.51. The maximum absolute atomic E-state index is 10.9. The molecule has 2 aromatic heterocycles. The summed E-state index contributed by atoms with van der Waals surface area (Å²) in [5, 5.41) is 13.4. The molecule has 3 aromatic rings. The van der Waals surface area contributed by atoms with Crippen molar-refractivity contribution in [2.24, 2.45) is 7.05 Å². The first-order chi connectivity index (χ1) is 11.5. The molecule has 1 N–H and O–H groups in total. The molecule has 0 saturated carbocycles. The molecular weight excluding hydrogens is 328 g/mol. The van der Waals surface area contributed by atoms with E-state index in [1.165, 1.54) is 12.1 Å². The van der Waals surface area contributed by atoms with Gasteiger partial charge in [0.05, 0.1) is 17.5 Å². The lowest BCUT2D eigenvalue weighted by Gasteiger charge is -2.01. The Hall–Kier alpha value is -2.99. The summed E-state index contributed by atoms with van der Waals surface area (Å²) in [5.74, 6) is -0.491. The Balaban J connectivity index is 1.86. The van der Waals surface area contributed by atoms with Crippen molar-refractivity contribution in [1.29, 1.82) is 0 Å². The summed E-state index contributed by atoms with van der Waals surface area (Å²) in [4.78, 5) is 19.6. The number of halogens is 1. The highest BCUT2D eigenvalue weighted by molar-refractivity contribution is 6.32. The van der Waals surface area contributed by atoms with Crippen LogP contribution in [0.25, 0.3) is 23.4 Å². The molecule has 120 valence electrons. The topological polar surface area (TPSA) is 80.9 Å². The van der Waals surface area contributed by atoms with Gasteiger partial charge in [-0.25, -0.2) is 14.8 Å². The minimum atomic E-state index is -1.01. The Morgan fingerprint density at radius 3 is 2.79 bits per heavy atom. The van der Waals surface area contributed by atoms with Gasteiger partial charge in [-0.2, -0.15) is 5.10 Å². The van der Waals surface area contributed by atoms with Gasteiger partial charge in [0.2, 0.25) is 0 Å². The summed E-state index contributed by atoms with van der Waals surface area (Å²) < 4.78 is 1.71. The van der Waals surface area contributed by atoms with E-state index in [-0.39, 0.29) is 5.56 Å². The fourth-order valence-corrected chi connectivity index (χ4v) is 2.37. The number of aryl methyl sites for hydroxylation is 1. The lowest BCUT2D eigenvalue weighted by Crippen LogP contribution is -1.95. The Bertz CT molecular complexity index is 934. The van der Waals surface area contributed by atoms with Crippen molar-refractivity contribution in [2.45, 2.75) is 0 Å². The molecule has 1 aromatic carbocycles. The van der Waals surface area contributed by atoms with Crippen LogP contribution in [0.15, 0.2) is 42.9 Å². The van der Waals surface area contributed by atoms with Crippen molar-refractivity contribution in [2.75, 3.05) is 0 Å². The summed E-state index contributed by atoms with van der Waals surface area (Å²) in [6, 6.07) is 6.37. The number of aromatic nitrogens is 4. The van der Waals surface area contributed by atoms with Crippen LogP contribution in [-0.2, 0) is 7.05 Å². The van der Waals surface area contributed by atoms with Crippen LogP contribution in [0, 0.1) is 0 Å². The highest BCUT2D eigenvalue weighted by Gasteiger charge is 2.06. The number of nitrogens with zero attached hydrogens (tertiary/aromatic N) is 4. The van der Waals surface area contributed by atoms with E-state index < -0.39 is 5.97 Å². The number of hydrogen-bond donors (Lipinski definition) is 1. The summed E-state index contributed by atoms with van der Waals surface area (Å²) >= 11 is 6.10. The summed E-state index contributed by atoms with van der Waals surface area (Å²) in [7, 11) is 1.84. The van der Waals surface area contributed by atoms with Crippen molar-refractivity contribution in [3.05, 3.63) is 64.8 Å². The van der Waals surface area contributed by atoms with Gasteiger partial charge in [-0.1, -0.05) is 17.7 Å². The van der Waals surface area contributed by atoms with Crippen LogP contribution >= 0.6 is 11.6 Å². The van der Waals surface area contributed by atoms with Crippen LogP contribution in [0.4, 0.5) is 0 Å². The molecule has 0 atom stereocenters. The summed E-state index contributed by atoms with van der Waals surface area (Å²) in [6.07, 6.45) is 8.75. The molecule has 0 aliphatic carbocycles. The van der Waals surface area contributed by atoms with Gasteiger partial charge in [0.15, 0.2) is 5.82 Å². The van der Waals surface area contributed by atoms with E-state index in [1.54, 1.807) is 35.3 Å². The Morgan fingerprint density at radius 1 is 1.29 bits per heavy atom. The van der Waals surface area contributed by atoms with Crippen molar-refractivity contribution < 1.29 is 9.90 Å². The van der Waals surface area contributed by atoms with Gasteiger partial charge in [-0.05, 0) is 35.9 Å². The van der Waals surface area contributed by atoms with E-state index >= 15 is 0 Å². The molecule has 0 unspecified atom stereocenters. The normalized spacial score (nSPS) is 11.1. The van der Waals surface area contributed by atoms with Gasteiger partial charge < -0.3 is 5.11 Å². The number of aromatic carboxylic acids is 1. The maximum Gasteiger partial charge on any atom is 0.335 e. The molecule has 0 aliphatic heterocycles. The van der Waals surface area contributed by atoms with E-state index in [1.807, 2.05) is 19.3 Å². The zero-order valence-corrected chi connectivity index (χ0v) is 13.5. The Labute approximate surface area is 143 Å². The molecule has 0 fully saturated rings. The molecule has 0 aliphatic rings. The standard InChI is InChI=1S/C17H13ClN4O2/c1-22-10-13(9-20-22)15-6-7-19-16(21-15)5-4-11-2-3-12(17(23)24)8-14(11)18/h2-10H,1H3,(H,23,24)/b5-4+. The third-order valence-corrected chi connectivity index (χ3v) is 3.66. The van der Waals surface area contributed by atoms with Crippen LogP contribution in [-0.4, -0.2) is 30.8 Å². The van der Waals surface area contributed by atoms with Gasteiger partial charge in [-0.15, -0.1) is 0 Å². The highest BCUT2D eigenvalue weighted by atomic mass is 35.5. The minimum Gasteiger partial charge on any atom is -0.478 e.